The smallest absolute Gasteiger partial charge is 0.744 e. The van der Waals surface area contributed by atoms with Crippen LogP contribution in [0, 0.1) is 0 Å². The molecule has 0 aromatic heterocycles. The molecule has 226 valence electrons. The molecule has 0 aliphatic rings. The first kappa shape index (κ1) is 39.5. The minimum absolute atomic E-state index is 0. The monoisotopic (exact) mass is 600 g/mol. The van der Waals surface area contributed by atoms with Crippen LogP contribution in [-0.2, 0) is 19.6 Å². The molecule has 0 aliphatic heterocycles. The van der Waals surface area contributed by atoms with Gasteiger partial charge in [0.15, 0.2) is 0 Å². The van der Waals surface area contributed by atoms with Gasteiger partial charge in [0.05, 0.1) is 28.5 Å². The van der Waals surface area contributed by atoms with Crippen molar-refractivity contribution in [1.29, 1.82) is 0 Å². The van der Waals surface area contributed by atoms with Crippen LogP contribution in [0.1, 0.15) is 150 Å². The molecule has 0 aliphatic carbocycles. The Hall–Kier alpha value is -1.45. The van der Waals surface area contributed by atoms with Crippen LogP contribution < -0.4 is 29.6 Å². The third-order valence-corrected chi connectivity index (χ3v) is 7.54. The van der Waals surface area contributed by atoms with E-state index in [1.807, 2.05) is 0 Å². The van der Waals surface area contributed by atoms with Gasteiger partial charge in [-0.1, -0.05) is 104 Å². The second-order valence-corrected chi connectivity index (χ2v) is 11.6. The van der Waals surface area contributed by atoms with Gasteiger partial charge in [0.25, 0.3) is 0 Å². The number of unbranched alkanes of at least 4 members (excludes halogenated alkanes) is 16. The van der Waals surface area contributed by atoms with Gasteiger partial charge in [-0.15, -0.1) is 0 Å². The number of carbonyl (C=O) groups excluding carboxylic acids is 2. The van der Waals surface area contributed by atoms with Crippen LogP contribution in [0.2, 0.25) is 0 Å². The molecule has 1 aromatic rings. The fourth-order valence-electron chi connectivity index (χ4n) is 4.30. The van der Waals surface area contributed by atoms with E-state index in [0.717, 1.165) is 56.7 Å². The number of rotatable bonds is 23. The maximum atomic E-state index is 12.7. The molecule has 0 amide bonds. The van der Waals surface area contributed by atoms with Gasteiger partial charge in [-0.25, -0.2) is 18.0 Å². The van der Waals surface area contributed by atoms with Crippen molar-refractivity contribution in [2.45, 2.75) is 134 Å². The number of ether oxygens (including phenoxy) is 2. The van der Waals surface area contributed by atoms with Crippen molar-refractivity contribution < 1.29 is 61.6 Å². The summed E-state index contributed by atoms with van der Waals surface area (Å²) in [6.07, 6.45) is 26.6. The number of allylic oxidation sites excluding steroid dienone is 2. The first-order chi connectivity index (χ1) is 19.3. The van der Waals surface area contributed by atoms with Crippen LogP contribution in [-0.4, -0.2) is 24.9 Å². The van der Waals surface area contributed by atoms with E-state index in [0.29, 0.717) is 0 Å². The summed E-state index contributed by atoms with van der Waals surface area (Å²) in [5.74, 6) is -1.77. The molecule has 0 saturated carbocycles. The first-order valence-electron chi connectivity index (χ1n) is 15.1. The van der Waals surface area contributed by atoms with Gasteiger partial charge >= 0.3 is 41.5 Å². The normalized spacial score (nSPS) is 11.6. The summed E-state index contributed by atoms with van der Waals surface area (Å²) in [6.45, 7) is 4.40. The molecule has 0 atom stereocenters. The number of benzene rings is 1. The Balaban J connectivity index is 0.0000160. The van der Waals surface area contributed by atoms with Crippen molar-refractivity contribution in [2.24, 2.45) is 0 Å². The average Bonchev–Trinajstić information content (AvgIpc) is 2.93. The zero-order chi connectivity index (χ0) is 29.5. The summed E-state index contributed by atoms with van der Waals surface area (Å²) < 4.78 is 44.7. The van der Waals surface area contributed by atoms with E-state index in [-0.39, 0.29) is 40.7 Å². The van der Waals surface area contributed by atoms with Gasteiger partial charge in [0.2, 0.25) is 0 Å². The van der Waals surface area contributed by atoms with Crippen molar-refractivity contribution in [3.63, 3.8) is 0 Å². The third kappa shape index (κ3) is 19.4. The number of esters is 2. The summed E-state index contributed by atoms with van der Waals surface area (Å²) in [5, 5.41) is 0. The summed E-state index contributed by atoms with van der Waals surface area (Å²) in [4.78, 5) is 24.7. The predicted molar refractivity (Wildman–Crippen MR) is 158 cm³/mol. The fourth-order valence-corrected chi connectivity index (χ4v) is 4.80. The zero-order valence-corrected chi connectivity index (χ0v) is 28.4. The van der Waals surface area contributed by atoms with Gasteiger partial charge in [0, 0.05) is 0 Å². The summed E-state index contributed by atoms with van der Waals surface area (Å²) in [6, 6.07) is 2.94. The van der Waals surface area contributed by atoms with E-state index < -0.39 is 27.0 Å². The second kappa shape index (κ2) is 25.1. The van der Waals surface area contributed by atoms with E-state index >= 15 is 0 Å². The Kier molecular flexibility index (Phi) is 24.2. The quantitative estimate of drug-likeness (QED) is 0.0498. The maximum Gasteiger partial charge on any atom is 1.00 e. The van der Waals surface area contributed by atoms with Gasteiger partial charge in [-0.05, 0) is 56.0 Å². The van der Waals surface area contributed by atoms with Crippen LogP contribution in [0.3, 0.4) is 0 Å². The Morgan fingerprint density at radius 3 is 1.46 bits per heavy atom. The minimum atomic E-state index is -4.83. The first-order valence-corrected chi connectivity index (χ1v) is 16.5. The van der Waals surface area contributed by atoms with Crippen LogP contribution >= 0.6 is 0 Å². The molecule has 7 nitrogen and oxygen atoms in total. The molecule has 0 spiro atoms. The van der Waals surface area contributed by atoms with Gasteiger partial charge < -0.3 is 14.0 Å². The molecule has 41 heavy (non-hydrogen) atoms. The molecule has 0 fully saturated rings. The summed E-state index contributed by atoms with van der Waals surface area (Å²) in [7, 11) is -4.83. The van der Waals surface area contributed by atoms with Gasteiger partial charge in [0.1, 0.15) is 10.1 Å². The van der Waals surface area contributed by atoms with Crippen molar-refractivity contribution in [3.05, 3.63) is 54.0 Å². The van der Waals surface area contributed by atoms with Gasteiger partial charge in [-0.2, -0.15) is 0 Å². The van der Waals surface area contributed by atoms with Crippen LogP contribution in [0.25, 0.3) is 0 Å². The van der Waals surface area contributed by atoms with Crippen LogP contribution in [0.5, 0.6) is 0 Å². The minimum Gasteiger partial charge on any atom is -0.744 e. The Bertz CT molecular complexity index is 1020. The molecule has 1 rings (SSSR count). The fraction of sp³-hybridized carbons (Fsp3) is 0.625. The molecule has 0 unspecified atom stereocenters. The van der Waals surface area contributed by atoms with Crippen molar-refractivity contribution >= 4 is 22.1 Å². The number of hydrogen-bond donors (Lipinski definition) is 0. The molecular formula is C32H49NaO7S. The molecule has 0 N–H and O–H groups in total. The van der Waals surface area contributed by atoms with Crippen molar-refractivity contribution in [2.75, 3.05) is 0 Å². The maximum absolute atomic E-state index is 12.7. The number of carbonyl (C=O) groups is 2. The van der Waals surface area contributed by atoms with Crippen molar-refractivity contribution in [3.8, 4) is 0 Å². The largest absolute Gasteiger partial charge is 1.00 e. The molecule has 9 heteroatoms. The molecule has 1 aromatic carbocycles. The molecular weight excluding hydrogens is 551 g/mol. The molecule has 0 heterocycles. The molecule has 0 radical (unpaired) electrons. The number of hydrogen-bond acceptors (Lipinski definition) is 7. The van der Waals surface area contributed by atoms with Crippen LogP contribution in [0.15, 0.2) is 47.8 Å². The van der Waals surface area contributed by atoms with Crippen molar-refractivity contribution in [1.82, 2.24) is 0 Å². The Morgan fingerprint density at radius 2 is 1.05 bits per heavy atom. The Labute approximate surface area is 270 Å². The standard InChI is InChI=1S/C32H50O7S.Na/c1-3-5-7-9-11-13-15-17-19-21-25-38-31(33)29-24-23-28(40(35,36)37)27-30(29)32(34)39-26-22-20-18-16-14-12-10-8-6-4-2;/h21-27H,3-20H2,1-2H3,(H,35,36,37);/q;+1/p-1/b25-21+,26-22+;. The van der Waals surface area contributed by atoms with E-state index in [2.05, 4.69) is 13.8 Å². The average molecular weight is 601 g/mol. The summed E-state index contributed by atoms with van der Waals surface area (Å²) in [5.41, 5.74) is -0.513. The SMILES string of the molecule is CCCCCCCCCC/C=C/OC(=O)c1ccc(S(=O)(=O)[O-])cc1C(=O)O/C=C/CCCCCCCCCC.[Na+]. The van der Waals surface area contributed by atoms with E-state index in [1.165, 1.54) is 89.6 Å². The molecule has 0 bridgehead atoms. The Morgan fingerprint density at radius 1 is 0.659 bits per heavy atom. The summed E-state index contributed by atoms with van der Waals surface area (Å²) >= 11 is 0. The van der Waals surface area contributed by atoms with Gasteiger partial charge in [-0.3, -0.25) is 0 Å². The van der Waals surface area contributed by atoms with E-state index in [9.17, 15) is 22.6 Å². The van der Waals surface area contributed by atoms with Crippen LogP contribution in [0.4, 0.5) is 0 Å². The third-order valence-electron chi connectivity index (χ3n) is 6.71. The predicted octanol–water partition coefficient (Wildman–Crippen LogP) is 6.00. The topological polar surface area (TPSA) is 110 Å². The second-order valence-electron chi connectivity index (χ2n) is 10.2. The molecule has 0 saturated heterocycles. The zero-order valence-electron chi connectivity index (χ0n) is 25.5. The van der Waals surface area contributed by atoms with E-state index in [1.54, 1.807) is 12.2 Å². The van der Waals surface area contributed by atoms with E-state index in [4.69, 9.17) is 9.47 Å².